The Morgan fingerprint density at radius 2 is 1.49 bits per heavy atom. The van der Waals surface area contributed by atoms with Gasteiger partial charge in [-0.25, -0.2) is 0 Å². The molecule has 3 aliphatic rings. The monoisotopic (exact) mass is 531 g/mol. The van der Waals surface area contributed by atoms with Crippen molar-refractivity contribution >= 4 is 5.91 Å². The zero-order chi connectivity index (χ0) is 27.1. The van der Waals surface area contributed by atoms with Crippen molar-refractivity contribution in [2.45, 2.75) is 62.9 Å². The van der Waals surface area contributed by atoms with E-state index in [1.807, 2.05) is 12.1 Å². The molecule has 2 aromatic rings. The van der Waals surface area contributed by atoms with E-state index in [4.69, 9.17) is 15.2 Å². The summed E-state index contributed by atoms with van der Waals surface area (Å²) in [6, 6.07) is 18.7. The number of ether oxygens (including phenoxy) is 2. The quantitative estimate of drug-likeness (QED) is 0.513. The molecule has 3 N–H and O–H groups in total. The van der Waals surface area contributed by atoms with Crippen LogP contribution in [0.25, 0.3) is 11.1 Å². The first-order valence-corrected chi connectivity index (χ1v) is 14.4. The van der Waals surface area contributed by atoms with E-state index in [1.54, 1.807) is 0 Å². The number of benzene rings is 2. The summed E-state index contributed by atoms with van der Waals surface area (Å²) in [5.74, 6) is -0.194. The predicted octanol–water partition coefficient (Wildman–Crippen LogP) is 3.06. The van der Waals surface area contributed by atoms with Crippen LogP contribution in [0.15, 0.2) is 48.5 Å². The molecule has 3 fully saturated rings. The van der Waals surface area contributed by atoms with Gasteiger partial charge in [0.15, 0.2) is 6.29 Å². The Balaban J connectivity index is 1.09. The molecule has 0 aromatic heterocycles. The van der Waals surface area contributed by atoms with Gasteiger partial charge in [0.25, 0.3) is 0 Å². The van der Waals surface area contributed by atoms with Crippen molar-refractivity contribution in [3.05, 3.63) is 59.7 Å². The van der Waals surface area contributed by atoms with E-state index >= 15 is 0 Å². The van der Waals surface area contributed by atoms with Crippen LogP contribution in [0.3, 0.4) is 0 Å². The second-order valence-corrected chi connectivity index (χ2v) is 11.2. The number of piperazine rings is 1. The number of nitrogens with two attached hydrogens (primary N) is 1. The number of nitrogens with one attached hydrogen (secondary N) is 1. The minimum atomic E-state index is -0.836. The van der Waals surface area contributed by atoms with Gasteiger partial charge in [0.05, 0.1) is 24.8 Å². The third-order valence-corrected chi connectivity index (χ3v) is 8.31. The normalized spacial score (nSPS) is 21.3. The van der Waals surface area contributed by atoms with Crippen LogP contribution in [-0.2, 0) is 27.2 Å². The number of rotatable bonds is 9. The van der Waals surface area contributed by atoms with E-state index in [0.717, 1.165) is 69.7 Å². The van der Waals surface area contributed by atoms with Gasteiger partial charge in [-0.05, 0) is 35.1 Å². The molecule has 5 rings (SSSR count). The molecule has 0 radical (unpaired) electrons. The van der Waals surface area contributed by atoms with Crippen LogP contribution in [0.4, 0.5) is 0 Å². The Hall–Kier alpha value is -2.80. The van der Waals surface area contributed by atoms with Gasteiger partial charge in [0.1, 0.15) is 6.04 Å². The molecule has 1 atom stereocenters. The van der Waals surface area contributed by atoms with E-state index in [1.165, 1.54) is 11.1 Å². The van der Waals surface area contributed by atoms with Crippen molar-refractivity contribution in [3.8, 4) is 17.2 Å². The number of nitrogens with zero attached hydrogens (tertiary/aromatic N) is 3. The molecule has 39 heavy (non-hydrogen) atoms. The molecule has 0 spiro atoms. The van der Waals surface area contributed by atoms with Crippen LogP contribution in [0.2, 0.25) is 0 Å². The Morgan fingerprint density at radius 1 is 0.923 bits per heavy atom. The SMILES string of the molecule is N#C[C@H](Cc1ccc(-c2ccc(CN3CCN(CC4OCCO4)CC3)cc2)cc1)NC(=O)C1(N)CCCCC1. The van der Waals surface area contributed by atoms with Crippen LogP contribution in [0.1, 0.15) is 43.2 Å². The standard InChI is InChI=1S/C31H41N5O3/c32-21-28(34-30(37)31(33)12-2-1-3-13-31)20-24-4-8-26(9-5-24)27-10-6-25(7-11-27)22-35-14-16-36(17-15-35)23-29-38-18-19-39-29/h4-11,28-29H,1-3,12-20,22-23,33H2,(H,34,37)/t28-/m0/s1. The van der Waals surface area contributed by atoms with Crippen LogP contribution < -0.4 is 11.1 Å². The topological polar surface area (TPSA) is 104 Å². The van der Waals surface area contributed by atoms with Gasteiger partial charge in [-0.1, -0.05) is 67.8 Å². The molecular weight excluding hydrogens is 490 g/mol. The number of carbonyl (C=O) groups excluding carboxylic acids is 1. The lowest BCUT2D eigenvalue weighted by Gasteiger charge is -2.35. The number of carbonyl (C=O) groups is 1. The van der Waals surface area contributed by atoms with Crippen molar-refractivity contribution in [2.75, 3.05) is 45.9 Å². The first kappa shape index (κ1) is 27.8. The summed E-state index contributed by atoms with van der Waals surface area (Å²) in [6.45, 7) is 7.41. The third-order valence-electron chi connectivity index (χ3n) is 8.31. The van der Waals surface area contributed by atoms with Gasteiger partial charge in [-0.15, -0.1) is 0 Å². The maximum Gasteiger partial charge on any atom is 0.241 e. The maximum absolute atomic E-state index is 12.7. The highest BCUT2D eigenvalue weighted by Crippen LogP contribution is 2.26. The zero-order valence-corrected chi connectivity index (χ0v) is 22.8. The molecule has 1 saturated carbocycles. The number of hydrogen-bond donors (Lipinski definition) is 2. The molecule has 8 nitrogen and oxygen atoms in total. The summed E-state index contributed by atoms with van der Waals surface area (Å²) in [5, 5.41) is 12.5. The second kappa shape index (κ2) is 13.0. The van der Waals surface area contributed by atoms with Crippen LogP contribution in [0, 0.1) is 11.3 Å². The fraction of sp³-hybridized carbons (Fsp3) is 0.548. The van der Waals surface area contributed by atoms with Gasteiger partial charge in [0, 0.05) is 45.7 Å². The average molecular weight is 532 g/mol. The van der Waals surface area contributed by atoms with Crippen molar-refractivity contribution in [1.82, 2.24) is 15.1 Å². The Bertz CT molecular complexity index is 1110. The van der Waals surface area contributed by atoms with Gasteiger partial charge in [-0.2, -0.15) is 5.26 Å². The van der Waals surface area contributed by atoms with Crippen molar-refractivity contribution < 1.29 is 14.3 Å². The van der Waals surface area contributed by atoms with Crippen LogP contribution in [0.5, 0.6) is 0 Å². The molecule has 2 heterocycles. The highest BCUT2D eigenvalue weighted by molar-refractivity contribution is 5.86. The molecule has 0 unspecified atom stereocenters. The summed E-state index contributed by atoms with van der Waals surface area (Å²) >= 11 is 0. The van der Waals surface area contributed by atoms with E-state index in [0.29, 0.717) is 32.5 Å². The number of amides is 1. The van der Waals surface area contributed by atoms with E-state index < -0.39 is 11.6 Å². The lowest BCUT2D eigenvalue weighted by molar-refractivity contribution is -0.127. The first-order chi connectivity index (χ1) is 19.0. The molecule has 208 valence electrons. The van der Waals surface area contributed by atoms with Crippen molar-refractivity contribution in [3.63, 3.8) is 0 Å². The summed E-state index contributed by atoms with van der Waals surface area (Å²) < 4.78 is 11.2. The van der Waals surface area contributed by atoms with Gasteiger partial charge < -0.3 is 20.5 Å². The molecule has 2 aliphatic heterocycles. The second-order valence-electron chi connectivity index (χ2n) is 11.2. The minimum absolute atomic E-state index is 0.0586. The lowest BCUT2D eigenvalue weighted by atomic mass is 9.81. The molecule has 2 aromatic carbocycles. The largest absolute Gasteiger partial charge is 0.349 e. The summed E-state index contributed by atoms with van der Waals surface area (Å²) in [6.07, 6.45) is 4.83. The molecule has 8 heteroatoms. The van der Waals surface area contributed by atoms with Crippen LogP contribution >= 0.6 is 0 Å². The molecule has 2 saturated heterocycles. The Kier molecular flexibility index (Phi) is 9.28. The fourth-order valence-electron chi connectivity index (χ4n) is 5.82. The molecule has 1 aliphatic carbocycles. The Morgan fingerprint density at radius 3 is 2.08 bits per heavy atom. The van der Waals surface area contributed by atoms with Crippen LogP contribution in [-0.4, -0.2) is 79.5 Å². The number of nitriles is 1. The smallest absolute Gasteiger partial charge is 0.241 e. The number of hydrogen-bond acceptors (Lipinski definition) is 7. The highest BCUT2D eigenvalue weighted by Gasteiger charge is 2.36. The maximum atomic E-state index is 12.7. The predicted molar refractivity (Wildman–Crippen MR) is 151 cm³/mol. The van der Waals surface area contributed by atoms with Gasteiger partial charge in [0.2, 0.25) is 5.91 Å². The van der Waals surface area contributed by atoms with Crippen molar-refractivity contribution in [1.29, 1.82) is 5.26 Å². The third kappa shape index (κ3) is 7.44. The van der Waals surface area contributed by atoms with Gasteiger partial charge >= 0.3 is 0 Å². The summed E-state index contributed by atoms with van der Waals surface area (Å²) in [5.41, 5.74) is 10.1. The Labute approximate surface area is 232 Å². The van der Waals surface area contributed by atoms with Gasteiger partial charge in [-0.3, -0.25) is 14.6 Å². The first-order valence-electron chi connectivity index (χ1n) is 14.4. The fourth-order valence-corrected chi connectivity index (χ4v) is 5.82. The zero-order valence-electron chi connectivity index (χ0n) is 22.8. The summed E-state index contributed by atoms with van der Waals surface area (Å²) in [4.78, 5) is 17.7. The summed E-state index contributed by atoms with van der Waals surface area (Å²) in [7, 11) is 0. The minimum Gasteiger partial charge on any atom is -0.349 e. The molecule has 1 amide bonds. The van der Waals surface area contributed by atoms with E-state index in [-0.39, 0.29) is 12.2 Å². The molecule has 0 bridgehead atoms. The van der Waals surface area contributed by atoms with E-state index in [9.17, 15) is 10.1 Å². The molecular formula is C31H41N5O3. The highest BCUT2D eigenvalue weighted by atomic mass is 16.7. The van der Waals surface area contributed by atoms with Crippen molar-refractivity contribution in [2.24, 2.45) is 5.73 Å². The average Bonchev–Trinajstić information content (AvgIpc) is 3.48. The lowest BCUT2D eigenvalue weighted by Crippen LogP contribution is -2.57. The van der Waals surface area contributed by atoms with E-state index in [2.05, 4.69) is 57.6 Å².